The molecular weight excluding hydrogens is 618 g/mol. The van der Waals surface area contributed by atoms with Crippen LogP contribution in [0.2, 0.25) is 0 Å². The third-order valence-electron chi connectivity index (χ3n) is 10.5. The van der Waals surface area contributed by atoms with Gasteiger partial charge in [-0.2, -0.15) is 0 Å². The summed E-state index contributed by atoms with van der Waals surface area (Å²) in [5.41, 5.74) is 2.03. The number of carbonyl (C=O) groups excluding carboxylic acids is 1. The molecule has 8 rings (SSSR count). The van der Waals surface area contributed by atoms with Gasteiger partial charge in [-0.3, -0.25) is 4.79 Å². The molecule has 1 aliphatic carbocycles. The van der Waals surface area contributed by atoms with Gasteiger partial charge in [0.15, 0.2) is 35.1 Å². The molecule has 0 radical (unpaired) electrons. The number of benzene rings is 2. The average molecular weight is 658 g/mol. The monoisotopic (exact) mass is 657 g/mol. The van der Waals surface area contributed by atoms with Crippen molar-refractivity contribution in [2.75, 3.05) is 54.4 Å². The summed E-state index contributed by atoms with van der Waals surface area (Å²) in [6.07, 6.45) is -5.04. The highest BCUT2D eigenvalue weighted by molar-refractivity contribution is 5.79. The Kier molecular flexibility index (Phi) is 7.67. The lowest BCUT2D eigenvalue weighted by atomic mass is 9.66. The molecular formula is C33H39NO13. The summed E-state index contributed by atoms with van der Waals surface area (Å²) in [5.74, 6) is -1.86. The number of hydrogen-bond acceptors (Lipinski definition) is 14. The topological polar surface area (TPSA) is 164 Å². The lowest BCUT2D eigenvalue weighted by Crippen LogP contribution is -2.66. The fraction of sp³-hybridized carbons (Fsp3) is 0.606. The molecule has 2 aromatic carbocycles. The molecule has 254 valence electrons. The Morgan fingerprint density at radius 3 is 2.28 bits per heavy atom. The summed E-state index contributed by atoms with van der Waals surface area (Å²) in [4.78, 5) is 15.7. The Morgan fingerprint density at radius 2 is 1.60 bits per heavy atom. The third kappa shape index (κ3) is 5.00. The molecule has 47 heavy (non-hydrogen) atoms. The highest BCUT2D eigenvalue weighted by Crippen LogP contribution is 2.57. The lowest BCUT2D eigenvalue weighted by molar-refractivity contribution is -0.401. The molecule has 1 spiro atoms. The Hall–Kier alpha value is -3.37. The molecule has 0 amide bonds. The van der Waals surface area contributed by atoms with E-state index in [0.717, 1.165) is 13.1 Å². The lowest BCUT2D eigenvalue weighted by Gasteiger charge is -2.52. The van der Waals surface area contributed by atoms with E-state index in [2.05, 4.69) is 4.90 Å². The normalized spacial score (nSPS) is 35.5. The molecule has 0 unspecified atom stereocenters. The van der Waals surface area contributed by atoms with Gasteiger partial charge in [0.2, 0.25) is 12.5 Å². The molecule has 3 N–H and O–H groups in total. The van der Waals surface area contributed by atoms with Crippen molar-refractivity contribution in [3.05, 3.63) is 41.0 Å². The van der Waals surface area contributed by atoms with Crippen LogP contribution in [0.3, 0.4) is 0 Å². The van der Waals surface area contributed by atoms with Crippen molar-refractivity contribution in [1.29, 1.82) is 0 Å². The zero-order valence-electron chi connectivity index (χ0n) is 26.3. The van der Waals surface area contributed by atoms with E-state index < -0.39 is 66.3 Å². The largest absolute Gasteiger partial charge is 0.502 e. The van der Waals surface area contributed by atoms with Gasteiger partial charge in [0.1, 0.15) is 24.4 Å². The fourth-order valence-corrected chi connectivity index (χ4v) is 7.96. The van der Waals surface area contributed by atoms with Crippen molar-refractivity contribution in [2.45, 2.75) is 61.4 Å². The maximum absolute atomic E-state index is 13.5. The molecule has 5 aliphatic heterocycles. The first-order valence-corrected chi connectivity index (χ1v) is 15.9. The molecule has 14 heteroatoms. The van der Waals surface area contributed by atoms with Crippen LogP contribution in [0, 0.1) is 11.8 Å². The Morgan fingerprint density at radius 1 is 0.915 bits per heavy atom. The standard InChI is InChI=1S/C33H39NO13/c1-34-6-4-33(5-7-34)44-13-23-30(47-33)27(36)28(37)32(45-23)46-29-17-11-20-19(42-14-43-20)10-16(17)24(25-18(29)12-41-31(25)38)15-8-21(39-2)26(35)22(9-15)40-3/h8-11,18,23-25,27-30,32,35-37H,4-7,12-14H2,1-3H3/t18-,23+,24+,25-,27+,28+,29+,30+,32-/m0/s1. The van der Waals surface area contributed by atoms with Gasteiger partial charge >= 0.3 is 5.97 Å². The number of esters is 1. The zero-order chi connectivity index (χ0) is 32.6. The smallest absolute Gasteiger partial charge is 0.310 e. The predicted molar refractivity (Wildman–Crippen MR) is 158 cm³/mol. The molecule has 9 atom stereocenters. The molecule has 6 aliphatic rings. The first-order valence-electron chi connectivity index (χ1n) is 15.9. The van der Waals surface area contributed by atoms with Crippen molar-refractivity contribution in [3.8, 4) is 28.7 Å². The van der Waals surface area contributed by atoms with Gasteiger partial charge in [-0.1, -0.05) is 0 Å². The number of methoxy groups -OCH3 is 2. The number of phenolic OH excluding ortho intramolecular Hbond substituents is 1. The highest BCUT2D eigenvalue weighted by atomic mass is 16.8. The van der Waals surface area contributed by atoms with Gasteiger partial charge in [0, 0.05) is 37.8 Å². The van der Waals surface area contributed by atoms with Crippen LogP contribution in [-0.2, 0) is 28.5 Å². The number of ether oxygens (including phenoxy) is 9. The molecule has 4 saturated heterocycles. The molecule has 0 aromatic heterocycles. The number of hydrogen-bond donors (Lipinski definition) is 3. The predicted octanol–water partition coefficient (Wildman–Crippen LogP) is 1.41. The summed E-state index contributed by atoms with van der Waals surface area (Å²) < 4.78 is 53.4. The summed E-state index contributed by atoms with van der Waals surface area (Å²) in [6.45, 7) is 1.82. The number of rotatable bonds is 5. The van der Waals surface area contributed by atoms with E-state index in [1.54, 1.807) is 12.1 Å². The van der Waals surface area contributed by atoms with Crippen LogP contribution < -0.4 is 18.9 Å². The zero-order valence-corrected chi connectivity index (χ0v) is 26.3. The number of cyclic esters (lactones) is 1. The minimum absolute atomic E-state index is 0.0294. The first-order chi connectivity index (χ1) is 22.7. The number of fused-ring (bicyclic) bond motifs is 4. The molecule has 0 bridgehead atoms. The minimum atomic E-state index is -1.45. The second-order valence-corrected chi connectivity index (χ2v) is 13.1. The van der Waals surface area contributed by atoms with E-state index in [0.29, 0.717) is 41.0 Å². The van der Waals surface area contributed by atoms with Crippen molar-refractivity contribution < 1.29 is 62.7 Å². The average Bonchev–Trinajstić information content (AvgIpc) is 3.70. The SMILES string of the molecule is COc1cc([C@@H]2c3cc4c(cc3[C@@H](O[C@@H]3O[C@@H]5COC6(CCN(C)CC6)O[C@H]5[C@H](O)[C@H]3O)[C@H]3COC(=O)[C@H]23)OCO4)cc(OC)c1O. The number of phenols is 1. The maximum atomic E-state index is 13.5. The number of aliphatic hydroxyl groups excluding tert-OH is 2. The fourth-order valence-electron chi connectivity index (χ4n) is 7.96. The van der Waals surface area contributed by atoms with E-state index in [4.69, 9.17) is 42.6 Å². The molecule has 0 saturated carbocycles. The van der Waals surface area contributed by atoms with E-state index in [9.17, 15) is 20.1 Å². The second kappa shape index (κ2) is 11.7. The van der Waals surface area contributed by atoms with Crippen molar-refractivity contribution in [1.82, 2.24) is 4.90 Å². The van der Waals surface area contributed by atoms with Crippen LogP contribution in [-0.4, -0.2) is 117 Å². The number of carbonyl (C=O) groups is 1. The number of aromatic hydroxyl groups is 1. The van der Waals surface area contributed by atoms with Crippen LogP contribution >= 0.6 is 0 Å². The van der Waals surface area contributed by atoms with Crippen molar-refractivity contribution in [3.63, 3.8) is 0 Å². The summed E-state index contributed by atoms with van der Waals surface area (Å²) in [7, 11) is 4.91. The summed E-state index contributed by atoms with van der Waals surface area (Å²) in [6, 6.07) is 6.98. The van der Waals surface area contributed by atoms with Gasteiger partial charge in [0.25, 0.3) is 0 Å². The van der Waals surface area contributed by atoms with Gasteiger partial charge in [0.05, 0.1) is 39.5 Å². The van der Waals surface area contributed by atoms with E-state index >= 15 is 0 Å². The quantitative estimate of drug-likeness (QED) is 0.396. The van der Waals surface area contributed by atoms with Crippen molar-refractivity contribution >= 4 is 5.97 Å². The van der Waals surface area contributed by atoms with E-state index in [-0.39, 0.29) is 37.3 Å². The molecule has 5 heterocycles. The van der Waals surface area contributed by atoms with E-state index in [1.165, 1.54) is 14.2 Å². The highest BCUT2D eigenvalue weighted by Gasteiger charge is 2.57. The van der Waals surface area contributed by atoms with Gasteiger partial charge in [-0.25, -0.2) is 0 Å². The molecule has 14 nitrogen and oxygen atoms in total. The number of piperidine rings is 1. The number of nitrogens with zero attached hydrogens (tertiary/aromatic N) is 1. The minimum Gasteiger partial charge on any atom is -0.502 e. The maximum Gasteiger partial charge on any atom is 0.310 e. The number of aliphatic hydroxyl groups is 2. The van der Waals surface area contributed by atoms with Crippen LogP contribution in [0.25, 0.3) is 0 Å². The second-order valence-electron chi connectivity index (χ2n) is 13.1. The summed E-state index contributed by atoms with van der Waals surface area (Å²) >= 11 is 0. The summed E-state index contributed by atoms with van der Waals surface area (Å²) in [5, 5.41) is 33.4. The Balaban J connectivity index is 1.14. The van der Waals surface area contributed by atoms with Crippen LogP contribution in [0.4, 0.5) is 0 Å². The number of likely N-dealkylation sites (tertiary alicyclic amines) is 1. The van der Waals surface area contributed by atoms with Crippen LogP contribution in [0.5, 0.6) is 28.7 Å². The van der Waals surface area contributed by atoms with Gasteiger partial charge in [-0.05, 0) is 48.0 Å². The third-order valence-corrected chi connectivity index (χ3v) is 10.5. The molecule has 4 fully saturated rings. The van der Waals surface area contributed by atoms with Gasteiger partial charge < -0.3 is 62.9 Å². The Labute approximate surface area is 270 Å². The Bertz CT molecular complexity index is 1520. The van der Waals surface area contributed by atoms with Gasteiger partial charge in [-0.15, -0.1) is 0 Å². The van der Waals surface area contributed by atoms with Crippen LogP contribution in [0.1, 0.15) is 41.6 Å². The van der Waals surface area contributed by atoms with E-state index in [1.807, 2.05) is 19.2 Å². The molecule has 2 aromatic rings. The van der Waals surface area contributed by atoms with Crippen molar-refractivity contribution in [2.24, 2.45) is 11.8 Å². The first kappa shape index (κ1) is 30.9. The van der Waals surface area contributed by atoms with Crippen LogP contribution in [0.15, 0.2) is 24.3 Å².